The third-order valence-corrected chi connectivity index (χ3v) is 5.25. The van der Waals surface area contributed by atoms with Gasteiger partial charge >= 0.3 is 7.12 Å². The van der Waals surface area contributed by atoms with Crippen LogP contribution in [0.1, 0.15) is 27.7 Å². The third-order valence-electron chi connectivity index (χ3n) is 3.15. The summed E-state index contributed by atoms with van der Waals surface area (Å²) in [6.45, 7) is 8.30. The number of halogens is 1. The van der Waals surface area contributed by atoms with E-state index in [1.54, 1.807) is 11.3 Å². The lowest BCUT2D eigenvalue weighted by Gasteiger charge is -2.32. The van der Waals surface area contributed by atoms with Crippen molar-refractivity contribution in [3.05, 3.63) is 14.3 Å². The Morgan fingerprint density at radius 1 is 1.20 bits per heavy atom. The highest BCUT2D eigenvalue weighted by Crippen LogP contribution is 2.37. The number of hydrogen-bond acceptors (Lipinski definition) is 3. The molecule has 2 rings (SSSR count). The van der Waals surface area contributed by atoms with Crippen LogP contribution in [0.4, 0.5) is 0 Å². The Morgan fingerprint density at radius 3 is 2.13 bits per heavy atom. The Hall–Kier alpha value is 0.415. The van der Waals surface area contributed by atoms with Gasteiger partial charge < -0.3 is 9.31 Å². The van der Waals surface area contributed by atoms with Crippen molar-refractivity contribution in [2.75, 3.05) is 0 Å². The second kappa shape index (κ2) is 3.72. The zero-order valence-electron chi connectivity index (χ0n) is 9.33. The minimum atomic E-state index is -0.247. The van der Waals surface area contributed by atoms with E-state index in [0.717, 1.165) is 5.46 Å². The molecular formula is C10H14BIO2S. The molecule has 1 aliphatic rings. The predicted octanol–water partition coefficient (Wildman–Crippen LogP) is 2.65. The molecule has 15 heavy (non-hydrogen) atoms. The van der Waals surface area contributed by atoms with Crippen LogP contribution in [-0.2, 0) is 9.31 Å². The molecule has 0 unspecified atom stereocenters. The summed E-state index contributed by atoms with van der Waals surface area (Å²) >= 11 is 4.05. The van der Waals surface area contributed by atoms with Crippen molar-refractivity contribution in [3.8, 4) is 0 Å². The first-order chi connectivity index (χ1) is 6.83. The summed E-state index contributed by atoms with van der Waals surface area (Å²) in [5.41, 5.74) is 0.657. The van der Waals surface area contributed by atoms with Crippen molar-refractivity contribution in [1.29, 1.82) is 0 Å². The fraction of sp³-hybridized carbons (Fsp3) is 0.600. The number of hydrogen-bond donors (Lipinski definition) is 0. The maximum Gasteiger partial charge on any atom is 0.496 e. The molecular weight excluding hydrogens is 322 g/mol. The lowest BCUT2D eigenvalue weighted by Crippen LogP contribution is -2.41. The van der Waals surface area contributed by atoms with E-state index >= 15 is 0 Å². The first-order valence-electron chi connectivity index (χ1n) is 4.92. The summed E-state index contributed by atoms with van der Waals surface area (Å²) in [7, 11) is -0.215. The topological polar surface area (TPSA) is 18.5 Å². The molecule has 0 aliphatic carbocycles. The van der Waals surface area contributed by atoms with Crippen LogP contribution in [0, 0.1) is 2.88 Å². The van der Waals surface area contributed by atoms with E-state index in [9.17, 15) is 0 Å². The first-order valence-corrected chi connectivity index (χ1v) is 6.88. The Balaban J connectivity index is 2.27. The molecule has 1 aromatic heterocycles. The van der Waals surface area contributed by atoms with Crippen LogP contribution in [0.5, 0.6) is 0 Å². The van der Waals surface area contributed by atoms with Crippen LogP contribution >= 0.6 is 33.9 Å². The number of rotatable bonds is 1. The molecule has 1 aromatic rings. The molecule has 0 spiro atoms. The van der Waals surface area contributed by atoms with Crippen LogP contribution in [-0.4, -0.2) is 18.3 Å². The lowest BCUT2D eigenvalue weighted by atomic mass is 9.81. The van der Waals surface area contributed by atoms with E-state index in [1.165, 1.54) is 2.88 Å². The second-order valence-electron chi connectivity index (χ2n) is 4.74. The molecule has 2 nitrogen and oxygen atoms in total. The molecule has 2 heterocycles. The first kappa shape index (κ1) is 11.9. The van der Waals surface area contributed by atoms with Gasteiger partial charge in [0.25, 0.3) is 0 Å². The van der Waals surface area contributed by atoms with E-state index < -0.39 is 0 Å². The molecule has 0 atom stereocenters. The molecule has 0 radical (unpaired) electrons. The zero-order valence-corrected chi connectivity index (χ0v) is 12.3. The smallest absolute Gasteiger partial charge is 0.399 e. The van der Waals surface area contributed by atoms with Crippen molar-refractivity contribution in [2.24, 2.45) is 0 Å². The summed E-state index contributed by atoms with van der Waals surface area (Å²) in [4.78, 5) is 0. The molecule has 0 aromatic carbocycles. The molecule has 0 saturated carbocycles. The Bertz CT molecular complexity index is 359. The maximum atomic E-state index is 5.97. The van der Waals surface area contributed by atoms with E-state index in [2.05, 4.69) is 61.7 Å². The average molecular weight is 336 g/mol. The standard InChI is InChI=1S/C10H14BIO2S/c1-9(2)10(3,4)14-11(13-9)7-5-6-15-8(7)12/h5-6H,1-4H3. The number of thiophene rings is 1. The van der Waals surface area contributed by atoms with Gasteiger partial charge in [0.15, 0.2) is 0 Å². The van der Waals surface area contributed by atoms with Gasteiger partial charge in [0.1, 0.15) is 0 Å². The largest absolute Gasteiger partial charge is 0.496 e. The highest BCUT2D eigenvalue weighted by molar-refractivity contribution is 14.1. The van der Waals surface area contributed by atoms with Crippen LogP contribution in [0.2, 0.25) is 0 Å². The molecule has 5 heteroatoms. The summed E-state index contributed by atoms with van der Waals surface area (Å²) in [6, 6.07) is 2.08. The molecule has 82 valence electrons. The van der Waals surface area contributed by atoms with Gasteiger partial charge in [-0.1, -0.05) is 6.07 Å². The summed E-state index contributed by atoms with van der Waals surface area (Å²) in [6.07, 6.45) is 0. The van der Waals surface area contributed by atoms with Crippen molar-refractivity contribution in [1.82, 2.24) is 0 Å². The van der Waals surface area contributed by atoms with Gasteiger partial charge in [0.05, 0.1) is 14.1 Å². The second-order valence-corrected chi connectivity index (χ2v) is 7.46. The summed E-state index contributed by atoms with van der Waals surface area (Å²) < 4.78 is 13.2. The fourth-order valence-electron chi connectivity index (χ4n) is 1.44. The highest BCUT2D eigenvalue weighted by Gasteiger charge is 2.52. The Kier molecular flexibility index (Phi) is 2.95. The van der Waals surface area contributed by atoms with E-state index in [4.69, 9.17) is 9.31 Å². The summed E-state index contributed by atoms with van der Waals surface area (Å²) in [5.74, 6) is 0. The average Bonchev–Trinajstić information content (AvgIpc) is 2.55. The van der Waals surface area contributed by atoms with E-state index in [-0.39, 0.29) is 18.3 Å². The van der Waals surface area contributed by atoms with Crippen molar-refractivity contribution >= 4 is 46.5 Å². The van der Waals surface area contributed by atoms with E-state index in [1.807, 2.05) is 0 Å². The van der Waals surface area contributed by atoms with Crippen molar-refractivity contribution in [3.63, 3.8) is 0 Å². The zero-order chi connectivity index (χ0) is 11.3. The minimum Gasteiger partial charge on any atom is -0.399 e. The lowest BCUT2D eigenvalue weighted by molar-refractivity contribution is 0.00578. The van der Waals surface area contributed by atoms with Crippen LogP contribution in [0.25, 0.3) is 0 Å². The van der Waals surface area contributed by atoms with Crippen molar-refractivity contribution < 1.29 is 9.31 Å². The molecule has 0 bridgehead atoms. The van der Waals surface area contributed by atoms with Gasteiger partial charge in [-0.2, -0.15) is 0 Å². The van der Waals surface area contributed by atoms with Gasteiger partial charge in [0, 0.05) is 5.46 Å². The molecule has 0 amide bonds. The predicted molar refractivity (Wildman–Crippen MR) is 72.8 cm³/mol. The molecule has 1 fully saturated rings. The van der Waals surface area contributed by atoms with Gasteiger partial charge in [0.2, 0.25) is 0 Å². The third kappa shape index (κ3) is 1.99. The van der Waals surface area contributed by atoms with Gasteiger partial charge in [-0.25, -0.2) is 0 Å². The molecule has 0 N–H and O–H groups in total. The van der Waals surface area contributed by atoms with Crippen LogP contribution in [0.3, 0.4) is 0 Å². The highest BCUT2D eigenvalue weighted by atomic mass is 127. The minimum absolute atomic E-state index is 0.215. The fourth-order valence-corrected chi connectivity index (χ4v) is 2.95. The van der Waals surface area contributed by atoms with Crippen LogP contribution in [0.15, 0.2) is 11.4 Å². The Morgan fingerprint density at radius 2 is 1.73 bits per heavy atom. The van der Waals surface area contributed by atoms with Gasteiger partial charge in [-0.05, 0) is 55.7 Å². The SMILES string of the molecule is CC1(C)OB(c2ccsc2I)OC1(C)C. The maximum absolute atomic E-state index is 5.97. The van der Waals surface area contributed by atoms with E-state index in [0.29, 0.717) is 0 Å². The van der Waals surface area contributed by atoms with Gasteiger partial charge in [-0.15, -0.1) is 11.3 Å². The Labute approximate surface area is 109 Å². The van der Waals surface area contributed by atoms with Gasteiger partial charge in [-0.3, -0.25) is 0 Å². The van der Waals surface area contributed by atoms with Crippen molar-refractivity contribution in [2.45, 2.75) is 38.9 Å². The molecule has 1 aliphatic heterocycles. The normalized spacial score (nSPS) is 23.4. The molecule has 1 saturated heterocycles. The summed E-state index contributed by atoms with van der Waals surface area (Å²) in [5, 5.41) is 2.07. The monoisotopic (exact) mass is 336 g/mol. The quantitative estimate of drug-likeness (QED) is 0.580. The van der Waals surface area contributed by atoms with Crippen LogP contribution < -0.4 is 5.46 Å².